The van der Waals surface area contributed by atoms with Crippen LogP contribution in [0.2, 0.25) is 0 Å². The molecule has 146 valence electrons. The third kappa shape index (κ3) is 4.59. The Balaban J connectivity index is 2.04. The molecule has 1 heterocycles. The molecule has 2 aromatic rings. The Kier molecular flexibility index (Phi) is 6.46. The number of ether oxygens (including phenoxy) is 3. The summed E-state index contributed by atoms with van der Waals surface area (Å²) in [6, 6.07) is 4.96. The van der Waals surface area contributed by atoms with Crippen LogP contribution in [0.1, 0.15) is 40.3 Å². The third-order valence-corrected chi connectivity index (χ3v) is 4.13. The molecule has 2 rings (SSSR count). The number of aromatic amines is 1. The van der Waals surface area contributed by atoms with Gasteiger partial charge in [-0.05, 0) is 38.5 Å². The molecule has 1 atom stereocenters. The average molecular weight is 376 g/mol. The van der Waals surface area contributed by atoms with Crippen LogP contribution in [0.15, 0.2) is 18.2 Å². The van der Waals surface area contributed by atoms with E-state index in [1.165, 1.54) is 14.2 Å². The first-order valence-corrected chi connectivity index (χ1v) is 8.34. The number of H-pyrrole nitrogens is 1. The zero-order chi connectivity index (χ0) is 20.1. The Morgan fingerprint density at radius 2 is 1.93 bits per heavy atom. The molecule has 0 aliphatic rings. The number of aromatic nitrogens is 1. The van der Waals surface area contributed by atoms with Crippen molar-refractivity contribution in [2.75, 3.05) is 26.1 Å². The lowest BCUT2D eigenvalue weighted by Crippen LogP contribution is -2.21. The Bertz CT molecular complexity index is 841. The molecule has 0 bridgehead atoms. The largest absolute Gasteiger partial charge is 0.497 e. The van der Waals surface area contributed by atoms with Crippen LogP contribution in [-0.4, -0.2) is 42.8 Å². The molecule has 1 aromatic heterocycles. The minimum atomic E-state index is -0.716. The van der Waals surface area contributed by atoms with Crippen LogP contribution >= 0.6 is 0 Å². The van der Waals surface area contributed by atoms with E-state index < -0.39 is 24.6 Å². The molecule has 27 heavy (non-hydrogen) atoms. The molecule has 1 amide bonds. The molecule has 0 fully saturated rings. The van der Waals surface area contributed by atoms with Crippen LogP contribution in [0.4, 0.5) is 5.69 Å². The summed E-state index contributed by atoms with van der Waals surface area (Å²) < 4.78 is 15.4. The molecular weight excluding hydrogens is 352 g/mol. The first-order valence-electron chi connectivity index (χ1n) is 8.34. The zero-order valence-electron chi connectivity index (χ0n) is 16.0. The highest BCUT2D eigenvalue weighted by Gasteiger charge is 2.21. The van der Waals surface area contributed by atoms with Crippen LogP contribution in [0.3, 0.4) is 0 Å². The van der Waals surface area contributed by atoms with Gasteiger partial charge >= 0.3 is 5.97 Å². The molecule has 3 N–H and O–H groups in total. The van der Waals surface area contributed by atoms with Crippen LogP contribution in [0.5, 0.6) is 11.5 Å². The summed E-state index contributed by atoms with van der Waals surface area (Å²) in [4.78, 5) is 27.3. The summed E-state index contributed by atoms with van der Waals surface area (Å²) in [6.07, 6.45) is -0.716. The van der Waals surface area contributed by atoms with Gasteiger partial charge in [-0.3, -0.25) is 4.79 Å². The summed E-state index contributed by atoms with van der Waals surface area (Å²) in [7, 11) is 2.99. The molecule has 0 saturated carbocycles. The van der Waals surface area contributed by atoms with E-state index in [0.717, 1.165) is 0 Å². The van der Waals surface area contributed by atoms with Crippen molar-refractivity contribution in [1.29, 1.82) is 0 Å². The highest BCUT2D eigenvalue weighted by molar-refractivity contribution is 5.96. The normalized spacial score (nSPS) is 11.6. The zero-order valence-corrected chi connectivity index (χ0v) is 16.0. The van der Waals surface area contributed by atoms with Gasteiger partial charge in [-0.2, -0.15) is 0 Å². The molecule has 8 heteroatoms. The molecule has 0 spiro atoms. The van der Waals surface area contributed by atoms with Crippen LogP contribution in [0.25, 0.3) is 0 Å². The van der Waals surface area contributed by atoms with Gasteiger partial charge in [0.15, 0.2) is 6.61 Å². The number of carbonyl (C=O) groups excluding carboxylic acids is 2. The molecule has 0 aliphatic carbocycles. The molecule has 8 nitrogen and oxygen atoms in total. The lowest BCUT2D eigenvalue weighted by atomic mass is 10.1. The number of aryl methyl sites for hydroxylation is 1. The van der Waals surface area contributed by atoms with Crippen molar-refractivity contribution in [1.82, 2.24) is 4.98 Å². The molecule has 1 aromatic carbocycles. The van der Waals surface area contributed by atoms with Gasteiger partial charge in [0, 0.05) is 17.3 Å². The van der Waals surface area contributed by atoms with Gasteiger partial charge in [-0.15, -0.1) is 0 Å². The number of methoxy groups -OCH3 is 2. The maximum atomic E-state index is 12.3. The number of aliphatic hydroxyl groups is 1. The average Bonchev–Trinajstić information content (AvgIpc) is 2.94. The highest BCUT2D eigenvalue weighted by atomic mass is 16.5. The minimum absolute atomic E-state index is 0.218. The number of hydrogen-bond donors (Lipinski definition) is 3. The summed E-state index contributed by atoms with van der Waals surface area (Å²) >= 11 is 0. The number of rotatable bonds is 7. The van der Waals surface area contributed by atoms with Crippen molar-refractivity contribution in [2.45, 2.75) is 26.9 Å². The number of anilines is 1. The fourth-order valence-electron chi connectivity index (χ4n) is 2.90. The first-order chi connectivity index (χ1) is 12.8. The second kappa shape index (κ2) is 8.59. The fraction of sp³-hybridized carbons (Fsp3) is 0.368. The Morgan fingerprint density at radius 1 is 1.22 bits per heavy atom. The molecule has 0 radical (unpaired) electrons. The van der Waals surface area contributed by atoms with Gasteiger partial charge in [-0.1, -0.05) is 0 Å². The van der Waals surface area contributed by atoms with Gasteiger partial charge in [0.05, 0.1) is 26.0 Å². The van der Waals surface area contributed by atoms with E-state index in [1.807, 2.05) is 0 Å². The summed E-state index contributed by atoms with van der Waals surface area (Å²) in [5, 5.41) is 12.4. The van der Waals surface area contributed by atoms with E-state index in [4.69, 9.17) is 14.2 Å². The number of aliphatic hydroxyl groups excluding tert-OH is 1. The van der Waals surface area contributed by atoms with Crippen LogP contribution < -0.4 is 14.8 Å². The topological polar surface area (TPSA) is 110 Å². The number of carbonyl (C=O) groups is 2. The molecular formula is C19H24N2O6. The monoisotopic (exact) mass is 376 g/mol. The van der Waals surface area contributed by atoms with E-state index in [-0.39, 0.29) is 5.69 Å². The van der Waals surface area contributed by atoms with E-state index in [1.54, 1.807) is 39.0 Å². The molecule has 0 unspecified atom stereocenters. The van der Waals surface area contributed by atoms with E-state index in [9.17, 15) is 14.7 Å². The van der Waals surface area contributed by atoms with Gasteiger partial charge in [0.1, 0.15) is 17.2 Å². The Labute approximate surface area is 157 Å². The standard InChI is InChI=1S/C19H24N2O6/c1-10-17(12(3)22)11(2)20-18(10)19(24)27-9-16(23)21-14-8-13(25-4)6-7-15(14)26-5/h6-8,12,20,22H,9H2,1-5H3,(H,21,23)/t12-/m0/s1. The predicted octanol–water partition coefficient (Wildman–Crippen LogP) is 2.50. The summed E-state index contributed by atoms with van der Waals surface area (Å²) in [5.41, 5.74) is 2.55. The maximum Gasteiger partial charge on any atom is 0.355 e. The van der Waals surface area contributed by atoms with Crippen LogP contribution in [-0.2, 0) is 9.53 Å². The van der Waals surface area contributed by atoms with Gasteiger partial charge in [-0.25, -0.2) is 4.79 Å². The highest BCUT2D eigenvalue weighted by Crippen LogP contribution is 2.29. The molecule has 0 saturated heterocycles. The van der Waals surface area contributed by atoms with E-state index >= 15 is 0 Å². The van der Waals surface area contributed by atoms with Crippen molar-refractivity contribution < 1.29 is 28.9 Å². The second-order valence-electron chi connectivity index (χ2n) is 6.03. The lowest BCUT2D eigenvalue weighted by molar-refractivity contribution is -0.119. The first kappa shape index (κ1) is 20.3. The van der Waals surface area contributed by atoms with Crippen molar-refractivity contribution in [2.24, 2.45) is 0 Å². The Morgan fingerprint density at radius 3 is 2.48 bits per heavy atom. The van der Waals surface area contributed by atoms with Crippen molar-refractivity contribution in [3.63, 3.8) is 0 Å². The van der Waals surface area contributed by atoms with Gasteiger partial charge < -0.3 is 29.6 Å². The SMILES string of the molecule is COc1ccc(OC)c(NC(=O)COC(=O)c2[nH]c(C)c([C@H](C)O)c2C)c1. The van der Waals surface area contributed by atoms with E-state index in [0.29, 0.717) is 34.0 Å². The van der Waals surface area contributed by atoms with Crippen molar-refractivity contribution >= 4 is 17.6 Å². The summed E-state index contributed by atoms with van der Waals surface area (Å²) in [6.45, 7) is 4.62. The van der Waals surface area contributed by atoms with Gasteiger partial charge in [0.25, 0.3) is 5.91 Å². The number of esters is 1. The maximum absolute atomic E-state index is 12.3. The van der Waals surface area contributed by atoms with Gasteiger partial charge in [0.2, 0.25) is 0 Å². The number of nitrogens with one attached hydrogen (secondary N) is 2. The second-order valence-corrected chi connectivity index (χ2v) is 6.03. The van der Waals surface area contributed by atoms with E-state index in [2.05, 4.69) is 10.3 Å². The number of hydrogen-bond acceptors (Lipinski definition) is 6. The Hall–Kier alpha value is -3.00. The molecule has 0 aliphatic heterocycles. The van der Waals surface area contributed by atoms with Crippen molar-refractivity contribution in [3.05, 3.63) is 40.7 Å². The van der Waals surface area contributed by atoms with Crippen LogP contribution in [0, 0.1) is 13.8 Å². The number of amides is 1. The summed E-state index contributed by atoms with van der Waals surface area (Å²) in [5.74, 6) is -0.194. The quantitative estimate of drug-likeness (QED) is 0.641. The van der Waals surface area contributed by atoms with Crippen molar-refractivity contribution in [3.8, 4) is 11.5 Å². The lowest BCUT2D eigenvalue weighted by Gasteiger charge is -2.12. The fourth-order valence-corrected chi connectivity index (χ4v) is 2.90. The smallest absolute Gasteiger partial charge is 0.355 e. The minimum Gasteiger partial charge on any atom is -0.497 e. The third-order valence-electron chi connectivity index (χ3n) is 4.13. The number of benzene rings is 1. The predicted molar refractivity (Wildman–Crippen MR) is 99.4 cm³/mol.